The Morgan fingerprint density at radius 2 is 1.79 bits per heavy atom. The van der Waals surface area contributed by atoms with Gasteiger partial charge in [0.05, 0.1) is 23.5 Å². The number of H-pyrrole nitrogens is 1. The molecule has 176 valence electrons. The Hall–Kier alpha value is -2.85. The molecule has 0 aliphatic heterocycles. The Morgan fingerprint density at radius 3 is 2.42 bits per heavy atom. The van der Waals surface area contributed by atoms with E-state index < -0.39 is 39.4 Å². The molecule has 0 radical (unpaired) electrons. The van der Waals surface area contributed by atoms with Crippen LogP contribution >= 0.6 is 0 Å². The molecule has 33 heavy (non-hydrogen) atoms. The lowest BCUT2D eigenvalue weighted by Gasteiger charge is -2.36. The fourth-order valence-corrected chi connectivity index (χ4v) is 5.17. The van der Waals surface area contributed by atoms with Gasteiger partial charge >= 0.3 is 0 Å². The number of benzene rings is 2. The van der Waals surface area contributed by atoms with E-state index in [1.165, 1.54) is 25.1 Å². The van der Waals surface area contributed by atoms with Crippen molar-refractivity contribution in [1.29, 1.82) is 0 Å². The number of nitrogens with one attached hydrogen (secondary N) is 3. The zero-order valence-corrected chi connectivity index (χ0v) is 18.9. The van der Waals surface area contributed by atoms with Crippen molar-refractivity contribution in [3.63, 3.8) is 0 Å². The van der Waals surface area contributed by atoms with Crippen molar-refractivity contribution in [2.45, 2.75) is 31.7 Å². The molecule has 3 N–H and O–H groups in total. The van der Waals surface area contributed by atoms with Crippen molar-refractivity contribution in [1.82, 2.24) is 15.0 Å². The van der Waals surface area contributed by atoms with Crippen molar-refractivity contribution in [3.05, 3.63) is 59.4 Å². The number of amides is 1. The van der Waals surface area contributed by atoms with Crippen LogP contribution in [-0.4, -0.2) is 38.2 Å². The fraction of sp³-hybridized carbons (Fsp3) is 0.348. The highest BCUT2D eigenvalue weighted by Crippen LogP contribution is 2.48. The molecule has 1 saturated carbocycles. The quantitative estimate of drug-likeness (QED) is 0.482. The number of fused-ring (bicyclic) bond motifs is 1. The van der Waals surface area contributed by atoms with Gasteiger partial charge in [0.25, 0.3) is 0 Å². The number of sulfonamides is 1. The molecule has 2 aromatic carbocycles. The summed E-state index contributed by atoms with van der Waals surface area (Å²) in [5.41, 5.74) is 2.25. The molecule has 1 aliphatic carbocycles. The smallest absolute Gasteiger partial charge is 0.237 e. The number of hydrogen-bond donors (Lipinski definition) is 3. The number of rotatable bonds is 7. The fourth-order valence-electron chi connectivity index (χ4n) is 4.42. The lowest BCUT2D eigenvalue weighted by molar-refractivity contribution is -0.122. The van der Waals surface area contributed by atoms with Crippen molar-refractivity contribution >= 4 is 26.8 Å². The average molecular weight is 480 g/mol. The topological polar surface area (TPSA) is 91.1 Å². The van der Waals surface area contributed by atoms with Crippen molar-refractivity contribution < 1.29 is 26.4 Å². The third kappa shape index (κ3) is 5.06. The Labute approximate surface area is 189 Å². The number of aromatic amines is 1. The molecular formula is C23H24F3N3O3S. The van der Waals surface area contributed by atoms with Crippen LogP contribution in [0, 0.1) is 23.4 Å². The molecule has 3 aromatic rings. The second-order valence-electron chi connectivity index (χ2n) is 8.62. The predicted molar refractivity (Wildman–Crippen MR) is 120 cm³/mol. The van der Waals surface area contributed by atoms with Crippen molar-refractivity contribution in [2.24, 2.45) is 5.92 Å². The maximum atomic E-state index is 14.5. The van der Waals surface area contributed by atoms with Gasteiger partial charge in [-0.1, -0.05) is 0 Å². The van der Waals surface area contributed by atoms with E-state index >= 15 is 0 Å². The van der Waals surface area contributed by atoms with Crippen LogP contribution in [-0.2, 0) is 14.8 Å². The first kappa shape index (κ1) is 23.3. The SMILES string of the molecule is CC(NS(C)(=O)=O)C(=O)NC[C@H]1C[C@@H](c2c(-c3ccc(F)cc3)[nH]c3c(F)cc(F)cc32)C1. The number of carbonyl (C=O) groups excluding carboxylic acids is 1. The molecular weight excluding hydrogens is 455 g/mol. The van der Waals surface area contributed by atoms with Gasteiger partial charge in [-0.2, -0.15) is 0 Å². The minimum Gasteiger partial charge on any atom is -0.354 e. The van der Waals surface area contributed by atoms with E-state index in [4.69, 9.17) is 0 Å². The number of aromatic nitrogens is 1. The Balaban J connectivity index is 1.53. The molecule has 10 heteroatoms. The van der Waals surface area contributed by atoms with Gasteiger partial charge in [-0.3, -0.25) is 4.79 Å². The summed E-state index contributed by atoms with van der Waals surface area (Å²) in [6.45, 7) is 1.83. The van der Waals surface area contributed by atoms with Gasteiger partial charge in [0, 0.05) is 18.0 Å². The second kappa shape index (κ2) is 8.83. The molecule has 0 saturated heterocycles. The summed E-state index contributed by atoms with van der Waals surface area (Å²) in [7, 11) is -3.50. The molecule has 1 heterocycles. The summed E-state index contributed by atoms with van der Waals surface area (Å²) in [5, 5.41) is 3.19. The van der Waals surface area contributed by atoms with Gasteiger partial charge in [0.15, 0.2) is 0 Å². The van der Waals surface area contributed by atoms with Crippen LogP contribution < -0.4 is 10.0 Å². The summed E-state index contributed by atoms with van der Waals surface area (Å²) in [6.07, 6.45) is 2.33. The Bertz CT molecular complexity index is 1300. The lowest BCUT2D eigenvalue weighted by atomic mass is 9.70. The number of halogens is 3. The van der Waals surface area contributed by atoms with E-state index in [9.17, 15) is 26.4 Å². The third-order valence-electron chi connectivity index (χ3n) is 5.99. The van der Waals surface area contributed by atoms with Crippen molar-refractivity contribution in [2.75, 3.05) is 12.8 Å². The first-order chi connectivity index (χ1) is 15.5. The zero-order valence-electron chi connectivity index (χ0n) is 18.1. The maximum absolute atomic E-state index is 14.5. The summed E-state index contributed by atoms with van der Waals surface area (Å²) >= 11 is 0. The van der Waals surface area contributed by atoms with Crippen LogP contribution in [0.2, 0.25) is 0 Å². The van der Waals surface area contributed by atoms with Gasteiger partial charge in [-0.05, 0) is 73.1 Å². The standard InChI is InChI=1S/C23H24F3N3O3S/c1-12(29-33(2,31)32)23(30)27-11-13-7-15(8-13)20-18-9-17(25)10-19(26)22(18)28-21(20)14-3-5-16(24)6-4-14/h3-6,9-10,12-13,15,28-29H,7-8,11H2,1-2H3,(H,27,30)/t12?,13-,15+. The highest BCUT2D eigenvalue weighted by atomic mass is 32.2. The first-order valence-electron chi connectivity index (χ1n) is 10.5. The van der Waals surface area contributed by atoms with Gasteiger partial charge in [-0.25, -0.2) is 26.3 Å². The highest BCUT2D eigenvalue weighted by molar-refractivity contribution is 7.88. The maximum Gasteiger partial charge on any atom is 0.237 e. The highest BCUT2D eigenvalue weighted by Gasteiger charge is 2.35. The van der Waals surface area contributed by atoms with Gasteiger partial charge in [-0.15, -0.1) is 0 Å². The van der Waals surface area contributed by atoms with Crippen LogP contribution in [0.15, 0.2) is 36.4 Å². The summed E-state index contributed by atoms with van der Waals surface area (Å²) in [6, 6.07) is 7.03. The molecule has 1 atom stereocenters. The zero-order chi connectivity index (χ0) is 23.9. The van der Waals surface area contributed by atoms with Crippen LogP contribution in [0.25, 0.3) is 22.2 Å². The monoisotopic (exact) mass is 479 g/mol. The van der Waals surface area contributed by atoms with E-state index in [0.717, 1.165) is 17.9 Å². The van der Waals surface area contributed by atoms with E-state index in [-0.39, 0.29) is 17.4 Å². The molecule has 4 rings (SSSR count). The van der Waals surface area contributed by atoms with Gasteiger partial charge < -0.3 is 10.3 Å². The van der Waals surface area contributed by atoms with E-state index in [1.807, 2.05) is 0 Å². The minimum atomic E-state index is -3.50. The van der Waals surface area contributed by atoms with Crippen LogP contribution in [0.5, 0.6) is 0 Å². The number of carbonyl (C=O) groups is 1. The summed E-state index contributed by atoms with van der Waals surface area (Å²) in [5.74, 6) is -2.07. The molecule has 0 spiro atoms. The average Bonchev–Trinajstić information content (AvgIpc) is 3.05. The van der Waals surface area contributed by atoms with Crippen LogP contribution in [0.3, 0.4) is 0 Å². The second-order valence-corrected chi connectivity index (χ2v) is 10.4. The molecule has 1 fully saturated rings. The predicted octanol–water partition coefficient (Wildman–Crippen LogP) is 3.80. The normalized spacial score (nSPS) is 19.3. The molecule has 6 nitrogen and oxygen atoms in total. The number of hydrogen-bond acceptors (Lipinski definition) is 3. The minimum absolute atomic E-state index is 0.00604. The summed E-state index contributed by atoms with van der Waals surface area (Å²) in [4.78, 5) is 15.2. The Morgan fingerprint density at radius 1 is 1.12 bits per heavy atom. The molecule has 1 aromatic heterocycles. The van der Waals surface area contributed by atoms with E-state index in [1.54, 1.807) is 12.1 Å². The lowest BCUT2D eigenvalue weighted by Crippen LogP contribution is -2.46. The van der Waals surface area contributed by atoms with E-state index in [2.05, 4.69) is 15.0 Å². The Kier molecular flexibility index (Phi) is 6.24. The van der Waals surface area contributed by atoms with E-state index in [0.29, 0.717) is 36.0 Å². The molecule has 1 unspecified atom stereocenters. The largest absolute Gasteiger partial charge is 0.354 e. The van der Waals surface area contributed by atoms with Crippen LogP contribution in [0.1, 0.15) is 31.2 Å². The molecule has 1 amide bonds. The van der Waals surface area contributed by atoms with Crippen molar-refractivity contribution in [3.8, 4) is 11.3 Å². The molecule has 1 aliphatic rings. The van der Waals surface area contributed by atoms with Crippen LogP contribution in [0.4, 0.5) is 13.2 Å². The first-order valence-corrected chi connectivity index (χ1v) is 12.4. The third-order valence-corrected chi connectivity index (χ3v) is 6.77. The van der Waals surface area contributed by atoms with Gasteiger partial charge in [0.1, 0.15) is 17.5 Å². The van der Waals surface area contributed by atoms with Gasteiger partial charge in [0.2, 0.25) is 15.9 Å². The summed E-state index contributed by atoms with van der Waals surface area (Å²) < 4.78 is 66.7. The molecule has 0 bridgehead atoms.